The molecule has 2 N–H and O–H groups in total. The van der Waals surface area contributed by atoms with Crippen molar-refractivity contribution in [1.82, 2.24) is 19.9 Å². The minimum absolute atomic E-state index is 0.188. The number of fused-ring (bicyclic) bond motifs is 1. The van der Waals surface area contributed by atoms with E-state index >= 15 is 0 Å². The van der Waals surface area contributed by atoms with Gasteiger partial charge in [-0.2, -0.15) is 18.2 Å². The first kappa shape index (κ1) is 18.3. The van der Waals surface area contributed by atoms with Crippen LogP contribution in [0.4, 0.5) is 13.2 Å². The highest BCUT2D eigenvalue weighted by Crippen LogP contribution is 2.39. The lowest BCUT2D eigenvalue weighted by Gasteiger charge is -2.11. The van der Waals surface area contributed by atoms with E-state index in [1.807, 2.05) is 0 Å². The number of aromatic hydroxyl groups is 1. The molecule has 10 heteroatoms. The van der Waals surface area contributed by atoms with Gasteiger partial charge in [0.05, 0.1) is 12.1 Å². The second kappa shape index (κ2) is 6.80. The maximum Gasteiger partial charge on any atom is 0.433 e. The molecule has 28 heavy (non-hydrogen) atoms. The van der Waals surface area contributed by atoms with Crippen molar-refractivity contribution in [3.8, 4) is 28.5 Å². The van der Waals surface area contributed by atoms with E-state index in [1.54, 1.807) is 29.8 Å². The van der Waals surface area contributed by atoms with Gasteiger partial charge in [0.1, 0.15) is 16.1 Å². The molecule has 0 fully saturated rings. The van der Waals surface area contributed by atoms with Crippen LogP contribution in [0.15, 0.2) is 42.0 Å². The number of aliphatic hydroxyl groups is 1. The number of halogens is 3. The van der Waals surface area contributed by atoms with Crippen molar-refractivity contribution < 1.29 is 23.4 Å². The Morgan fingerprint density at radius 1 is 1.11 bits per heavy atom. The smallest absolute Gasteiger partial charge is 0.433 e. The van der Waals surface area contributed by atoms with Crippen LogP contribution in [0.1, 0.15) is 11.3 Å². The molecular weight excluding hydrogens is 393 g/mol. The highest BCUT2D eigenvalue weighted by atomic mass is 32.1. The molecule has 0 saturated heterocycles. The van der Waals surface area contributed by atoms with Crippen LogP contribution in [0.5, 0.6) is 5.88 Å². The van der Waals surface area contributed by atoms with Crippen LogP contribution >= 0.6 is 11.3 Å². The summed E-state index contributed by atoms with van der Waals surface area (Å²) < 4.78 is 39.5. The number of hydrogen-bond donors (Lipinski definition) is 2. The third-order valence-corrected chi connectivity index (χ3v) is 4.97. The molecule has 0 atom stereocenters. The number of hydrogen-bond acceptors (Lipinski definition) is 7. The van der Waals surface area contributed by atoms with Gasteiger partial charge in [-0.25, -0.2) is 4.98 Å². The molecule has 0 aliphatic carbocycles. The fraction of sp³-hybridized carbons (Fsp3) is 0.111. The maximum atomic E-state index is 13.0. The van der Waals surface area contributed by atoms with Crippen LogP contribution in [0.2, 0.25) is 0 Å². The summed E-state index contributed by atoms with van der Waals surface area (Å²) in [6.07, 6.45) is -2.04. The zero-order chi connectivity index (χ0) is 19.9. The summed E-state index contributed by atoms with van der Waals surface area (Å²) in [5.74, 6) is -0.0586. The van der Waals surface area contributed by atoms with Crippen LogP contribution in [-0.2, 0) is 12.8 Å². The Morgan fingerprint density at radius 2 is 1.93 bits per heavy atom. The number of rotatable bonds is 3. The van der Waals surface area contributed by atoms with Gasteiger partial charge in [-0.3, -0.25) is 9.97 Å². The number of pyridine rings is 2. The molecule has 0 bridgehead atoms. The normalized spacial score (nSPS) is 11.9. The van der Waals surface area contributed by atoms with E-state index in [0.29, 0.717) is 27.0 Å². The Balaban J connectivity index is 1.89. The first-order valence-corrected chi connectivity index (χ1v) is 8.83. The topological polar surface area (TPSA) is 92.0 Å². The average molecular weight is 404 g/mol. The van der Waals surface area contributed by atoms with Gasteiger partial charge in [-0.15, -0.1) is 11.3 Å². The SMILES string of the molecule is OCc1cc(-c2csc3c(O)nc(-c4ccccn4)nc23)cnc1C(F)(F)F. The second-order valence-corrected chi connectivity index (χ2v) is 6.68. The molecule has 4 rings (SSSR count). The fourth-order valence-corrected chi connectivity index (χ4v) is 3.65. The quantitative estimate of drug-likeness (QED) is 0.536. The predicted octanol–water partition coefficient (Wildman–Crippen LogP) is 4.03. The average Bonchev–Trinajstić information content (AvgIpc) is 3.12. The highest BCUT2D eigenvalue weighted by molar-refractivity contribution is 7.18. The van der Waals surface area contributed by atoms with Crippen molar-refractivity contribution in [2.45, 2.75) is 12.8 Å². The van der Waals surface area contributed by atoms with Gasteiger partial charge in [0.15, 0.2) is 5.82 Å². The van der Waals surface area contributed by atoms with Gasteiger partial charge in [0.25, 0.3) is 0 Å². The Hall–Kier alpha value is -3.11. The number of nitrogens with zero attached hydrogens (tertiary/aromatic N) is 4. The fourth-order valence-electron chi connectivity index (χ4n) is 2.75. The lowest BCUT2D eigenvalue weighted by atomic mass is 10.1. The lowest BCUT2D eigenvalue weighted by molar-refractivity contribution is -0.142. The van der Waals surface area contributed by atoms with Crippen LogP contribution < -0.4 is 0 Å². The summed E-state index contributed by atoms with van der Waals surface area (Å²) in [5.41, 5.74) is 0.152. The van der Waals surface area contributed by atoms with Crippen molar-refractivity contribution in [2.75, 3.05) is 0 Å². The van der Waals surface area contributed by atoms with Gasteiger partial charge < -0.3 is 10.2 Å². The van der Waals surface area contributed by atoms with E-state index in [2.05, 4.69) is 19.9 Å². The number of aliphatic hydroxyl groups excluding tert-OH is 1. The number of alkyl halides is 3. The summed E-state index contributed by atoms with van der Waals surface area (Å²) in [7, 11) is 0. The molecule has 0 saturated carbocycles. The first-order valence-electron chi connectivity index (χ1n) is 7.95. The van der Waals surface area contributed by atoms with Crippen LogP contribution in [0, 0.1) is 0 Å². The van der Waals surface area contributed by atoms with Crippen LogP contribution in [0.3, 0.4) is 0 Å². The Labute approximate surface area is 160 Å². The Kier molecular flexibility index (Phi) is 4.44. The van der Waals surface area contributed by atoms with Gasteiger partial charge in [0.2, 0.25) is 5.88 Å². The standard InChI is InChI=1S/C18H11F3N4O2S/c19-18(20,21)15-10(7-26)5-9(6-23-15)11-8-28-14-13(11)24-16(25-17(14)27)12-3-1-2-4-22-12/h1-6,8,26H,7H2,(H,24,25,27). The summed E-state index contributed by atoms with van der Waals surface area (Å²) in [5, 5.41) is 21.2. The molecule has 0 spiro atoms. The van der Waals surface area contributed by atoms with Crippen molar-refractivity contribution in [1.29, 1.82) is 0 Å². The van der Waals surface area contributed by atoms with E-state index in [1.165, 1.54) is 6.07 Å². The van der Waals surface area contributed by atoms with E-state index in [-0.39, 0.29) is 17.3 Å². The summed E-state index contributed by atoms with van der Waals surface area (Å²) in [6, 6.07) is 6.37. The zero-order valence-electron chi connectivity index (χ0n) is 14.0. The molecule has 142 valence electrons. The third-order valence-electron chi connectivity index (χ3n) is 4.01. The van der Waals surface area contributed by atoms with Gasteiger partial charge >= 0.3 is 6.18 Å². The Bertz CT molecular complexity index is 1160. The molecule has 0 unspecified atom stereocenters. The number of aromatic nitrogens is 4. The molecule has 0 aromatic carbocycles. The third kappa shape index (κ3) is 3.16. The van der Waals surface area contributed by atoms with Crippen LogP contribution in [-0.4, -0.2) is 30.1 Å². The van der Waals surface area contributed by atoms with Crippen molar-refractivity contribution in [2.24, 2.45) is 0 Å². The second-order valence-electron chi connectivity index (χ2n) is 5.80. The summed E-state index contributed by atoms with van der Waals surface area (Å²) in [4.78, 5) is 16.1. The van der Waals surface area contributed by atoms with E-state index in [0.717, 1.165) is 17.5 Å². The van der Waals surface area contributed by atoms with Crippen molar-refractivity contribution in [3.05, 3.63) is 53.3 Å². The molecule has 4 heterocycles. The van der Waals surface area contributed by atoms with Gasteiger partial charge in [-0.05, 0) is 18.2 Å². The molecule has 4 aromatic heterocycles. The molecule has 6 nitrogen and oxygen atoms in total. The molecule has 0 aliphatic rings. The number of thiophene rings is 1. The zero-order valence-corrected chi connectivity index (χ0v) is 14.8. The maximum absolute atomic E-state index is 13.0. The largest absolute Gasteiger partial charge is 0.492 e. The van der Waals surface area contributed by atoms with E-state index in [4.69, 9.17) is 0 Å². The van der Waals surface area contributed by atoms with Crippen molar-refractivity contribution in [3.63, 3.8) is 0 Å². The monoisotopic (exact) mass is 404 g/mol. The lowest BCUT2D eigenvalue weighted by Crippen LogP contribution is -2.12. The van der Waals surface area contributed by atoms with Gasteiger partial charge in [0, 0.05) is 34.5 Å². The summed E-state index contributed by atoms with van der Waals surface area (Å²) in [6.45, 7) is -0.808. The first-order chi connectivity index (χ1) is 13.4. The molecule has 4 aromatic rings. The molecule has 0 aliphatic heterocycles. The summed E-state index contributed by atoms with van der Waals surface area (Å²) >= 11 is 1.15. The molecule has 0 amide bonds. The van der Waals surface area contributed by atoms with Crippen molar-refractivity contribution >= 4 is 21.6 Å². The highest BCUT2D eigenvalue weighted by Gasteiger charge is 2.35. The van der Waals surface area contributed by atoms with Gasteiger partial charge in [-0.1, -0.05) is 6.07 Å². The molecule has 0 radical (unpaired) electrons. The van der Waals surface area contributed by atoms with E-state index < -0.39 is 18.5 Å². The van der Waals surface area contributed by atoms with Crippen LogP contribution in [0.25, 0.3) is 32.9 Å². The predicted molar refractivity (Wildman–Crippen MR) is 96.5 cm³/mol. The van der Waals surface area contributed by atoms with E-state index in [9.17, 15) is 23.4 Å². The minimum atomic E-state index is -4.67. The minimum Gasteiger partial charge on any atom is -0.492 e. The molecular formula is C18H11F3N4O2S. The Morgan fingerprint density at radius 3 is 2.61 bits per heavy atom.